The highest BCUT2D eigenvalue weighted by Crippen LogP contribution is 2.54. The van der Waals surface area contributed by atoms with Gasteiger partial charge in [-0.25, -0.2) is 8.42 Å². The summed E-state index contributed by atoms with van der Waals surface area (Å²) in [5, 5.41) is 0.431. The molecule has 120 valence electrons. The Bertz CT molecular complexity index is 849. The summed E-state index contributed by atoms with van der Waals surface area (Å²) in [5.74, 6) is -0.614. The maximum atomic E-state index is 12.9. The van der Waals surface area contributed by atoms with Crippen LogP contribution in [0.2, 0.25) is 10.0 Å². The van der Waals surface area contributed by atoms with Crippen molar-refractivity contribution >= 4 is 50.2 Å². The Kier molecular flexibility index (Phi) is 4.40. The number of halogens is 2. The van der Waals surface area contributed by atoms with Crippen LogP contribution in [0.5, 0.6) is 0 Å². The SMILES string of the molecule is NC(=S)C1C(c2ccc(Cl)cc2)C1S(=O)(=O)c1ccc(Cl)cc1. The summed E-state index contributed by atoms with van der Waals surface area (Å²) in [4.78, 5) is 0.442. The van der Waals surface area contributed by atoms with E-state index in [2.05, 4.69) is 0 Å². The Morgan fingerprint density at radius 1 is 0.957 bits per heavy atom. The van der Waals surface area contributed by atoms with Crippen LogP contribution < -0.4 is 5.73 Å². The Labute approximate surface area is 150 Å². The largest absolute Gasteiger partial charge is 0.393 e. The van der Waals surface area contributed by atoms with Crippen molar-refractivity contribution in [3.8, 4) is 0 Å². The first-order valence-corrected chi connectivity index (χ1v) is 9.57. The standard InChI is InChI=1S/C16H13Cl2NO2S2/c17-10-3-1-9(2-4-10)13-14(16(19)22)15(13)23(20,21)12-7-5-11(18)6-8-12/h1-8,13-15H,(H2,19,22). The second-order valence-electron chi connectivity index (χ2n) is 5.47. The molecule has 3 rings (SSSR count). The van der Waals surface area contributed by atoms with E-state index in [0.717, 1.165) is 5.56 Å². The fraction of sp³-hybridized carbons (Fsp3) is 0.188. The number of hydrogen-bond donors (Lipinski definition) is 1. The quantitative estimate of drug-likeness (QED) is 0.812. The number of benzene rings is 2. The van der Waals surface area contributed by atoms with Gasteiger partial charge in [-0.05, 0) is 42.0 Å². The van der Waals surface area contributed by atoms with Crippen molar-refractivity contribution in [3.05, 3.63) is 64.1 Å². The van der Waals surface area contributed by atoms with E-state index in [9.17, 15) is 8.42 Å². The lowest BCUT2D eigenvalue weighted by atomic mass is 10.1. The van der Waals surface area contributed by atoms with Gasteiger partial charge < -0.3 is 5.73 Å². The molecule has 0 amide bonds. The Hall–Kier alpha value is -1.14. The molecule has 23 heavy (non-hydrogen) atoms. The minimum Gasteiger partial charge on any atom is -0.393 e. The van der Waals surface area contributed by atoms with E-state index in [-0.39, 0.29) is 21.7 Å². The van der Waals surface area contributed by atoms with E-state index in [1.54, 1.807) is 24.3 Å². The van der Waals surface area contributed by atoms with Gasteiger partial charge in [0.2, 0.25) is 0 Å². The van der Waals surface area contributed by atoms with Crippen LogP contribution in [0.4, 0.5) is 0 Å². The van der Waals surface area contributed by atoms with Crippen molar-refractivity contribution in [1.29, 1.82) is 0 Å². The zero-order chi connectivity index (χ0) is 16.8. The molecule has 3 nitrogen and oxygen atoms in total. The first kappa shape index (κ1) is 16.7. The number of sulfone groups is 1. The van der Waals surface area contributed by atoms with Crippen LogP contribution >= 0.6 is 35.4 Å². The van der Waals surface area contributed by atoms with Gasteiger partial charge >= 0.3 is 0 Å². The molecule has 7 heteroatoms. The summed E-state index contributed by atoms with van der Waals surface area (Å²) in [6, 6.07) is 13.2. The average molecular weight is 386 g/mol. The minimum absolute atomic E-state index is 0.215. The molecule has 3 atom stereocenters. The van der Waals surface area contributed by atoms with Gasteiger partial charge in [-0.1, -0.05) is 47.6 Å². The molecular weight excluding hydrogens is 373 g/mol. The predicted octanol–water partition coefficient (Wildman–Crippen LogP) is 3.84. The number of rotatable bonds is 4. The van der Waals surface area contributed by atoms with Gasteiger partial charge in [0, 0.05) is 21.9 Å². The summed E-state index contributed by atoms with van der Waals surface area (Å²) >= 11 is 16.8. The normalized spacial score (nSPS) is 23.5. The van der Waals surface area contributed by atoms with Gasteiger partial charge in [0.25, 0.3) is 0 Å². The third-order valence-electron chi connectivity index (χ3n) is 4.04. The molecule has 0 aliphatic heterocycles. The summed E-state index contributed by atoms with van der Waals surface area (Å²) in [5.41, 5.74) is 6.63. The molecule has 1 aliphatic rings. The van der Waals surface area contributed by atoms with Crippen molar-refractivity contribution in [3.63, 3.8) is 0 Å². The molecule has 2 aromatic rings. The van der Waals surface area contributed by atoms with Gasteiger partial charge in [-0.2, -0.15) is 0 Å². The van der Waals surface area contributed by atoms with E-state index < -0.39 is 15.1 Å². The van der Waals surface area contributed by atoms with Crippen LogP contribution in [0.3, 0.4) is 0 Å². The lowest BCUT2D eigenvalue weighted by Crippen LogP contribution is -2.17. The molecule has 0 aromatic heterocycles. The molecule has 2 aromatic carbocycles. The lowest BCUT2D eigenvalue weighted by molar-refractivity contribution is 0.593. The number of hydrogen-bond acceptors (Lipinski definition) is 3. The van der Waals surface area contributed by atoms with Crippen molar-refractivity contribution in [2.45, 2.75) is 16.1 Å². The summed E-state index contributed by atoms with van der Waals surface area (Å²) < 4.78 is 25.8. The average Bonchev–Trinajstić information content (AvgIpc) is 3.25. The third-order valence-corrected chi connectivity index (χ3v) is 7.05. The molecule has 0 saturated heterocycles. The van der Waals surface area contributed by atoms with Crippen LogP contribution in [-0.2, 0) is 9.84 Å². The summed E-state index contributed by atoms with van der Waals surface area (Å²) in [6.45, 7) is 0. The van der Waals surface area contributed by atoms with Crippen LogP contribution in [-0.4, -0.2) is 18.7 Å². The van der Waals surface area contributed by atoms with Crippen molar-refractivity contribution in [1.82, 2.24) is 0 Å². The second kappa shape index (κ2) is 6.06. The van der Waals surface area contributed by atoms with Gasteiger partial charge in [0.15, 0.2) is 9.84 Å². The van der Waals surface area contributed by atoms with Crippen LogP contribution in [0.15, 0.2) is 53.4 Å². The topological polar surface area (TPSA) is 60.2 Å². The second-order valence-corrected chi connectivity index (χ2v) is 8.92. The first-order chi connectivity index (χ1) is 10.8. The minimum atomic E-state index is -3.54. The molecule has 0 heterocycles. The van der Waals surface area contributed by atoms with Gasteiger partial charge in [-0.3, -0.25) is 0 Å². The monoisotopic (exact) mass is 385 g/mol. The Balaban J connectivity index is 1.98. The van der Waals surface area contributed by atoms with E-state index in [1.165, 1.54) is 12.1 Å². The maximum Gasteiger partial charge on any atom is 0.182 e. The van der Waals surface area contributed by atoms with Gasteiger partial charge in [-0.15, -0.1) is 0 Å². The summed E-state index contributed by atoms with van der Waals surface area (Å²) in [6.07, 6.45) is 0. The number of thiocarbonyl (C=S) groups is 1. The van der Waals surface area contributed by atoms with Crippen LogP contribution in [0.1, 0.15) is 11.5 Å². The van der Waals surface area contributed by atoms with Crippen LogP contribution in [0, 0.1) is 5.92 Å². The van der Waals surface area contributed by atoms with E-state index in [0.29, 0.717) is 10.0 Å². The maximum absolute atomic E-state index is 12.9. The molecular formula is C16H13Cl2NO2S2. The summed E-state index contributed by atoms with van der Waals surface area (Å²) in [7, 11) is -3.54. The predicted molar refractivity (Wildman–Crippen MR) is 96.9 cm³/mol. The van der Waals surface area contributed by atoms with Crippen LogP contribution in [0.25, 0.3) is 0 Å². The first-order valence-electron chi connectivity index (χ1n) is 6.86. The van der Waals surface area contributed by atoms with Crippen molar-refractivity contribution < 1.29 is 8.42 Å². The number of nitrogens with two attached hydrogens (primary N) is 1. The Morgan fingerprint density at radius 3 is 1.91 bits per heavy atom. The van der Waals surface area contributed by atoms with E-state index in [4.69, 9.17) is 41.2 Å². The van der Waals surface area contributed by atoms with E-state index >= 15 is 0 Å². The fourth-order valence-electron chi connectivity index (χ4n) is 2.87. The molecule has 2 N–H and O–H groups in total. The molecule has 1 fully saturated rings. The fourth-order valence-corrected chi connectivity index (χ4v) is 5.66. The van der Waals surface area contributed by atoms with Crippen molar-refractivity contribution in [2.75, 3.05) is 0 Å². The molecule has 0 bridgehead atoms. The van der Waals surface area contributed by atoms with Gasteiger partial charge in [0.05, 0.1) is 15.1 Å². The smallest absolute Gasteiger partial charge is 0.182 e. The zero-order valence-corrected chi connectivity index (χ0v) is 15.0. The Morgan fingerprint density at radius 2 is 1.43 bits per heavy atom. The van der Waals surface area contributed by atoms with Gasteiger partial charge in [0.1, 0.15) is 0 Å². The van der Waals surface area contributed by atoms with E-state index in [1.807, 2.05) is 12.1 Å². The lowest BCUT2D eigenvalue weighted by Gasteiger charge is -2.04. The third kappa shape index (κ3) is 3.11. The molecule has 0 spiro atoms. The zero-order valence-electron chi connectivity index (χ0n) is 11.8. The highest BCUT2D eigenvalue weighted by Gasteiger charge is 2.60. The highest BCUT2D eigenvalue weighted by atomic mass is 35.5. The van der Waals surface area contributed by atoms with Crippen molar-refractivity contribution in [2.24, 2.45) is 11.7 Å². The molecule has 3 unspecified atom stereocenters. The molecule has 0 radical (unpaired) electrons. The molecule has 1 aliphatic carbocycles. The molecule has 1 saturated carbocycles. The highest BCUT2D eigenvalue weighted by molar-refractivity contribution is 7.92.